The molecule has 2 rings (SSSR count). The maximum absolute atomic E-state index is 9.45. The molecule has 3 nitrogen and oxygen atoms in total. The van der Waals surface area contributed by atoms with Crippen LogP contribution in [0.4, 0.5) is 5.82 Å². The molecule has 1 aliphatic rings. The van der Waals surface area contributed by atoms with Gasteiger partial charge >= 0.3 is 0 Å². The van der Waals surface area contributed by atoms with Crippen LogP contribution in [-0.4, -0.2) is 33.7 Å². The number of hydrogen-bond acceptors (Lipinski definition) is 4. The summed E-state index contributed by atoms with van der Waals surface area (Å²) in [4.78, 5) is 6.78. The van der Waals surface area contributed by atoms with Crippen molar-refractivity contribution in [3.63, 3.8) is 0 Å². The molecule has 17 heavy (non-hydrogen) atoms. The summed E-state index contributed by atoms with van der Waals surface area (Å²) in [5.74, 6) is 1.02. The van der Waals surface area contributed by atoms with E-state index in [0.717, 1.165) is 24.5 Å². The van der Waals surface area contributed by atoms with Crippen LogP contribution >= 0.6 is 11.8 Å². The van der Waals surface area contributed by atoms with Crippen LogP contribution in [0, 0.1) is 0 Å². The molecule has 2 unspecified atom stereocenters. The van der Waals surface area contributed by atoms with E-state index < -0.39 is 6.10 Å². The van der Waals surface area contributed by atoms with E-state index in [9.17, 15) is 5.11 Å². The van der Waals surface area contributed by atoms with Gasteiger partial charge in [-0.2, -0.15) is 11.8 Å². The molecule has 1 N–H and O–H groups in total. The third-order valence-corrected chi connectivity index (χ3v) is 4.22. The van der Waals surface area contributed by atoms with Crippen LogP contribution in [0.1, 0.15) is 32.4 Å². The number of hydrogen-bond donors (Lipinski definition) is 1. The molecule has 0 spiro atoms. The lowest BCUT2D eigenvalue weighted by atomic mass is 10.2. The third-order valence-electron chi connectivity index (χ3n) is 3.00. The molecule has 0 aromatic carbocycles. The average molecular weight is 252 g/mol. The standard InChI is InChI=1S/C13H20N2OS/c1-9-7-15(8-10(2)17-9)13-5-4-12(6-14-13)11(3)16/h4-6,9-11,16H,7-8H2,1-3H3/t9?,10?,11-/m1/s1. The first kappa shape index (κ1) is 12.7. The molecule has 3 atom stereocenters. The van der Waals surface area contributed by atoms with Crippen molar-refractivity contribution in [2.45, 2.75) is 37.4 Å². The fraction of sp³-hybridized carbons (Fsp3) is 0.615. The van der Waals surface area contributed by atoms with Gasteiger partial charge in [-0.15, -0.1) is 0 Å². The van der Waals surface area contributed by atoms with Crippen molar-refractivity contribution in [1.29, 1.82) is 0 Å². The van der Waals surface area contributed by atoms with Crippen LogP contribution in [0.5, 0.6) is 0 Å². The molecule has 1 aromatic heterocycles. The quantitative estimate of drug-likeness (QED) is 0.877. The van der Waals surface area contributed by atoms with E-state index in [-0.39, 0.29) is 0 Å². The van der Waals surface area contributed by atoms with E-state index in [1.54, 1.807) is 13.1 Å². The second-order valence-electron chi connectivity index (χ2n) is 4.79. The SMILES string of the molecule is CC1CN(c2ccc([C@@H](C)O)cn2)CC(C)S1. The zero-order valence-electron chi connectivity index (χ0n) is 10.6. The molecule has 0 radical (unpaired) electrons. The Balaban J connectivity index is 2.11. The minimum absolute atomic E-state index is 0.439. The predicted octanol–water partition coefficient (Wildman–Crippen LogP) is 2.47. The van der Waals surface area contributed by atoms with Crippen molar-refractivity contribution in [3.8, 4) is 0 Å². The van der Waals surface area contributed by atoms with Crippen molar-refractivity contribution in [3.05, 3.63) is 23.9 Å². The second kappa shape index (κ2) is 5.27. The smallest absolute Gasteiger partial charge is 0.128 e. The predicted molar refractivity (Wildman–Crippen MR) is 73.6 cm³/mol. The lowest BCUT2D eigenvalue weighted by molar-refractivity contribution is 0.199. The number of aliphatic hydroxyl groups is 1. The Labute approximate surface area is 107 Å². The Morgan fingerprint density at radius 3 is 2.47 bits per heavy atom. The Bertz CT molecular complexity index is 356. The van der Waals surface area contributed by atoms with Crippen LogP contribution in [0.15, 0.2) is 18.3 Å². The van der Waals surface area contributed by atoms with Crippen LogP contribution < -0.4 is 4.90 Å². The second-order valence-corrected chi connectivity index (χ2v) is 6.67. The van der Waals surface area contributed by atoms with Gasteiger partial charge in [0.05, 0.1) is 6.10 Å². The number of aliphatic hydroxyl groups excluding tert-OH is 1. The minimum atomic E-state index is -0.439. The number of thioether (sulfide) groups is 1. The van der Waals surface area contributed by atoms with Gasteiger partial charge in [-0.25, -0.2) is 4.98 Å². The molecule has 1 aromatic rings. The van der Waals surface area contributed by atoms with Gasteiger partial charge in [0.25, 0.3) is 0 Å². The van der Waals surface area contributed by atoms with Gasteiger partial charge in [-0.1, -0.05) is 19.9 Å². The molecular weight excluding hydrogens is 232 g/mol. The van der Waals surface area contributed by atoms with E-state index in [4.69, 9.17) is 0 Å². The molecule has 0 saturated carbocycles. The van der Waals surface area contributed by atoms with Crippen molar-refractivity contribution in [2.24, 2.45) is 0 Å². The molecule has 0 aliphatic carbocycles. The lowest BCUT2D eigenvalue weighted by Crippen LogP contribution is -2.40. The summed E-state index contributed by atoms with van der Waals surface area (Å²) >= 11 is 2.04. The van der Waals surface area contributed by atoms with Crippen molar-refractivity contribution < 1.29 is 5.11 Å². The maximum atomic E-state index is 9.45. The fourth-order valence-electron chi connectivity index (χ4n) is 2.20. The first-order valence-electron chi connectivity index (χ1n) is 6.10. The van der Waals surface area contributed by atoms with Crippen LogP contribution in [0.2, 0.25) is 0 Å². The summed E-state index contributed by atoms with van der Waals surface area (Å²) in [7, 11) is 0. The molecule has 1 aliphatic heterocycles. The van der Waals surface area contributed by atoms with E-state index in [1.165, 1.54) is 0 Å². The highest BCUT2D eigenvalue weighted by molar-refractivity contribution is 8.00. The number of anilines is 1. The molecular formula is C13H20N2OS. The Morgan fingerprint density at radius 2 is 2.00 bits per heavy atom. The fourth-order valence-corrected chi connectivity index (χ4v) is 3.52. The summed E-state index contributed by atoms with van der Waals surface area (Å²) in [5, 5.41) is 10.8. The zero-order valence-corrected chi connectivity index (χ0v) is 11.4. The van der Waals surface area contributed by atoms with Gasteiger partial charge in [0.1, 0.15) is 5.82 Å². The van der Waals surface area contributed by atoms with E-state index in [1.807, 2.05) is 23.9 Å². The van der Waals surface area contributed by atoms with Crippen LogP contribution in [0.3, 0.4) is 0 Å². The highest BCUT2D eigenvalue weighted by atomic mass is 32.2. The molecule has 2 heterocycles. The maximum Gasteiger partial charge on any atom is 0.128 e. The largest absolute Gasteiger partial charge is 0.389 e. The van der Waals surface area contributed by atoms with Crippen LogP contribution in [-0.2, 0) is 0 Å². The number of nitrogens with zero attached hydrogens (tertiary/aromatic N) is 2. The average Bonchev–Trinajstić information content (AvgIpc) is 2.28. The summed E-state index contributed by atoms with van der Waals surface area (Å²) in [6.45, 7) is 8.39. The monoisotopic (exact) mass is 252 g/mol. The highest BCUT2D eigenvalue weighted by Crippen LogP contribution is 2.27. The first-order valence-corrected chi connectivity index (χ1v) is 7.05. The van der Waals surface area contributed by atoms with E-state index in [2.05, 4.69) is 23.7 Å². The molecule has 0 bridgehead atoms. The zero-order chi connectivity index (χ0) is 12.4. The summed E-state index contributed by atoms with van der Waals surface area (Å²) in [5.41, 5.74) is 0.876. The molecule has 1 fully saturated rings. The van der Waals surface area contributed by atoms with Gasteiger partial charge in [0.15, 0.2) is 0 Å². The van der Waals surface area contributed by atoms with E-state index in [0.29, 0.717) is 10.5 Å². The Morgan fingerprint density at radius 1 is 1.35 bits per heavy atom. The van der Waals surface area contributed by atoms with Gasteiger partial charge in [-0.05, 0) is 18.6 Å². The topological polar surface area (TPSA) is 36.4 Å². The normalized spacial score (nSPS) is 26.9. The van der Waals surface area contributed by atoms with Gasteiger partial charge in [0.2, 0.25) is 0 Å². The number of pyridine rings is 1. The summed E-state index contributed by atoms with van der Waals surface area (Å²) in [6, 6.07) is 3.97. The van der Waals surface area contributed by atoms with Crippen molar-refractivity contribution in [1.82, 2.24) is 4.98 Å². The summed E-state index contributed by atoms with van der Waals surface area (Å²) < 4.78 is 0. The van der Waals surface area contributed by atoms with Crippen LogP contribution in [0.25, 0.3) is 0 Å². The molecule has 4 heteroatoms. The van der Waals surface area contributed by atoms with Gasteiger partial charge in [0, 0.05) is 29.8 Å². The van der Waals surface area contributed by atoms with E-state index >= 15 is 0 Å². The molecule has 94 valence electrons. The van der Waals surface area contributed by atoms with Gasteiger partial charge in [-0.3, -0.25) is 0 Å². The minimum Gasteiger partial charge on any atom is -0.389 e. The Kier molecular flexibility index (Phi) is 3.94. The number of aromatic nitrogens is 1. The molecule has 1 saturated heterocycles. The summed E-state index contributed by atoms with van der Waals surface area (Å²) in [6.07, 6.45) is 1.34. The first-order chi connectivity index (χ1) is 8.06. The Hall–Kier alpha value is -0.740. The number of rotatable bonds is 2. The molecule has 0 amide bonds. The highest BCUT2D eigenvalue weighted by Gasteiger charge is 2.23. The third kappa shape index (κ3) is 3.13. The van der Waals surface area contributed by atoms with Crippen molar-refractivity contribution >= 4 is 17.6 Å². The van der Waals surface area contributed by atoms with Gasteiger partial charge < -0.3 is 10.0 Å². The lowest BCUT2D eigenvalue weighted by Gasteiger charge is -2.35. The van der Waals surface area contributed by atoms with Crippen molar-refractivity contribution in [2.75, 3.05) is 18.0 Å².